The fourth-order valence-electron chi connectivity index (χ4n) is 2.81. The summed E-state index contributed by atoms with van der Waals surface area (Å²) in [6.07, 6.45) is 1.09. The average molecular weight is 394 g/mol. The number of anilines is 1. The molecule has 3 aromatic carbocycles. The summed E-state index contributed by atoms with van der Waals surface area (Å²) in [6.45, 7) is 4.75. The summed E-state index contributed by atoms with van der Waals surface area (Å²) < 4.78 is 5.76. The van der Waals surface area contributed by atoms with E-state index in [1.165, 1.54) is 5.56 Å². The number of hydrogen-bond acceptors (Lipinski definition) is 2. The second-order valence-electron chi connectivity index (χ2n) is 6.79. The molecule has 0 aromatic heterocycles. The largest absolute Gasteiger partial charge is 0.489 e. The first-order chi connectivity index (χ1) is 13.6. The number of carbonyl (C=O) groups excluding carboxylic acids is 1. The number of halogens is 1. The summed E-state index contributed by atoms with van der Waals surface area (Å²) >= 11 is 6.14. The number of rotatable bonds is 7. The van der Waals surface area contributed by atoms with E-state index in [1.54, 1.807) is 24.3 Å². The fraction of sp³-hybridized carbons (Fsp3) is 0.208. The number of carbonyl (C=O) groups is 1. The maximum Gasteiger partial charge on any atom is 0.255 e. The smallest absolute Gasteiger partial charge is 0.255 e. The van der Waals surface area contributed by atoms with Gasteiger partial charge < -0.3 is 10.1 Å². The van der Waals surface area contributed by atoms with Crippen molar-refractivity contribution in [3.8, 4) is 5.75 Å². The van der Waals surface area contributed by atoms with E-state index in [0.717, 1.165) is 17.7 Å². The molecule has 3 aromatic rings. The van der Waals surface area contributed by atoms with Crippen LogP contribution in [0, 0.1) is 0 Å². The van der Waals surface area contributed by atoms with Crippen molar-refractivity contribution >= 4 is 23.2 Å². The van der Waals surface area contributed by atoms with E-state index in [-0.39, 0.29) is 5.91 Å². The van der Waals surface area contributed by atoms with Gasteiger partial charge in [0, 0.05) is 21.8 Å². The van der Waals surface area contributed by atoms with Gasteiger partial charge in [0.1, 0.15) is 12.4 Å². The third kappa shape index (κ3) is 5.14. The molecule has 1 amide bonds. The summed E-state index contributed by atoms with van der Waals surface area (Å²) in [7, 11) is 0. The quantitative estimate of drug-likeness (QED) is 0.485. The lowest BCUT2D eigenvalue weighted by Gasteiger charge is -2.11. The molecule has 0 fully saturated rings. The maximum absolute atomic E-state index is 12.5. The molecule has 3 nitrogen and oxygen atoms in total. The molecule has 1 N–H and O–H groups in total. The highest BCUT2D eigenvalue weighted by Gasteiger charge is 2.08. The Balaban J connectivity index is 1.58. The van der Waals surface area contributed by atoms with Crippen LogP contribution in [0.25, 0.3) is 0 Å². The van der Waals surface area contributed by atoms with E-state index < -0.39 is 0 Å². The summed E-state index contributed by atoms with van der Waals surface area (Å²) in [4.78, 5) is 12.5. The minimum Gasteiger partial charge on any atom is -0.489 e. The van der Waals surface area contributed by atoms with E-state index in [1.807, 2.05) is 36.4 Å². The van der Waals surface area contributed by atoms with Gasteiger partial charge >= 0.3 is 0 Å². The maximum atomic E-state index is 12.5. The number of nitrogens with one attached hydrogen (secondary N) is 1. The lowest BCUT2D eigenvalue weighted by Crippen LogP contribution is -2.11. The Kier molecular flexibility index (Phi) is 6.72. The van der Waals surface area contributed by atoms with E-state index in [2.05, 4.69) is 31.3 Å². The number of amides is 1. The molecule has 0 spiro atoms. The van der Waals surface area contributed by atoms with Gasteiger partial charge in [-0.15, -0.1) is 0 Å². The minimum atomic E-state index is -0.144. The molecular weight excluding hydrogens is 370 g/mol. The fourth-order valence-corrected chi connectivity index (χ4v) is 3.00. The Morgan fingerprint density at radius 3 is 2.32 bits per heavy atom. The van der Waals surface area contributed by atoms with Crippen LogP contribution in [-0.4, -0.2) is 5.91 Å². The van der Waals surface area contributed by atoms with Gasteiger partial charge in [0.25, 0.3) is 5.91 Å². The van der Waals surface area contributed by atoms with Crippen molar-refractivity contribution in [2.24, 2.45) is 0 Å². The summed E-state index contributed by atoms with van der Waals surface area (Å²) in [5.41, 5.74) is 3.57. The molecule has 0 aliphatic heterocycles. The van der Waals surface area contributed by atoms with Crippen LogP contribution in [0.1, 0.15) is 47.7 Å². The number of hydrogen-bond donors (Lipinski definition) is 1. The third-order valence-corrected chi connectivity index (χ3v) is 5.19. The Morgan fingerprint density at radius 2 is 1.68 bits per heavy atom. The van der Waals surface area contributed by atoms with Crippen LogP contribution in [0.15, 0.2) is 72.8 Å². The van der Waals surface area contributed by atoms with Gasteiger partial charge in [-0.25, -0.2) is 0 Å². The van der Waals surface area contributed by atoms with Crippen molar-refractivity contribution in [2.45, 2.75) is 32.8 Å². The molecule has 0 radical (unpaired) electrons. The molecule has 0 aliphatic rings. The van der Waals surface area contributed by atoms with Gasteiger partial charge in [0.2, 0.25) is 0 Å². The van der Waals surface area contributed by atoms with Gasteiger partial charge in [-0.1, -0.05) is 55.8 Å². The average Bonchev–Trinajstić information content (AvgIpc) is 2.73. The zero-order valence-electron chi connectivity index (χ0n) is 16.1. The minimum absolute atomic E-state index is 0.144. The molecule has 0 aliphatic carbocycles. The van der Waals surface area contributed by atoms with Gasteiger partial charge in [0.05, 0.1) is 0 Å². The SMILES string of the molecule is CC[C@@H](C)c1ccc(NC(=O)c2ccc(OCc3ccccc3Cl)cc2)cc1. The van der Waals surface area contributed by atoms with Crippen LogP contribution < -0.4 is 10.1 Å². The second kappa shape index (κ2) is 9.43. The van der Waals surface area contributed by atoms with Crippen LogP contribution in [0.2, 0.25) is 5.02 Å². The van der Waals surface area contributed by atoms with Gasteiger partial charge in [-0.2, -0.15) is 0 Å². The lowest BCUT2D eigenvalue weighted by atomic mass is 9.98. The standard InChI is InChI=1S/C24H24ClNO2/c1-3-17(2)18-8-12-21(13-9-18)26-24(27)19-10-14-22(15-11-19)28-16-20-6-4-5-7-23(20)25/h4-15,17H,3,16H2,1-2H3,(H,26,27)/t17-/m1/s1. The molecule has 3 rings (SSSR count). The van der Waals surface area contributed by atoms with Gasteiger partial charge in [-0.05, 0) is 60.4 Å². The van der Waals surface area contributed by atoms with Crippen LogP contribution in [0.5, 0.6) is 5.75 Å². The number of ether oxygens (including phenoxy) is 1. The molecule has 28 heavy (non-hydrogen) atoms. The zero-order chi connectivity index (χ0) is 19.9. The van der Waals surface area contributed by atoms with Crippen LogP contribution in [-0.2, 0) is 6.61 Å². The van der Waals surface area contributed by atoms with Crippen molar-refractivity contribution in [3.63, 3.8) is 0 Å². The molecule has 144 valence electrons. The summed E-state index contributed by atoms with van der Waals surface area (Å²) in [5.74, 6) is 1.06. The Labute approximate surface area is 171 Å². The highest BCUT2D eigenvalue weighted by molar-refractivity contribution is 6.31. The molecule has 0 bridgehead atoms. The molecular formula is C24H24ClNO2. The van der Waals surface area contributed by atoms with E-state index in [0.29, 0.717) is 28.9 Å². The first-order valence-corrected chi connectivity index (χ1v) is 9.82. The van der Waals surface area contributed by atoms with Crippen molar-refractivity contribution in [1.82, 2.24) is 0 Å². The summed E-state index contributed by atoms with van der Waals surface area (Å²) in [6, 6.07) is 22.7. The second-order valence-corrected chi connectivity index (χ2v) is 7.20. The van der Waals surface area contributed by atoms with E-state index >= 15 is 0 Å². The van der Waals surface area contributed by atoms with Crippen molar-refractivity contribution < 1.29 is 9.53 Å². The summed E-state index contributed by atoms with van der Waals surface area (Å²) in [5, 5.41) is 3.61. The molecule has 1 atom stereocenters. The van der Waals surface area contributed by atoms with Crippen LogP contribution in [0.4, 0.5) is 5.69 Å². The first-order valence-electron chi connectivity index (χ1n) is 9.44. The topological polar surface area (TPSA) is 38.3 Å². The predicted octanol–water partition coefficient (Wildman–Crippen LogP) is 6.68. The van der Waals surface area contributed by atoms with Crippen molar-refractivity contribution in [2.75, 3.05) is 5.32 Å². The lowest BCUT2D eigenvalue weighted by molar-refractivity contribution is 0.102. The Hall–Kier alpha value is -2.78. The molecule has 0 saturated carbocycles. The van der Waals surface area contributed by atoms with Gasteiger partial charge in [0.15, 0.2) is 0 Å². The predicted molar refractivity (Wildman–Crippen MR) is 115 cm³/mol. The highest BCUT2D eigenvalue weighted by Crippen LogP contribution is 2.22. The van der Waals surface area contributed by atoms with Crippen LogP contribution >= 0.6 is 11.6 Å². The van der Waals surface area contributed by atoms with Crippen molar-refractivity contribution in [1.29, 1.82) is 0 Å². The molecule has 4 heteroatoms. The van der Waals surface area contributed by atoms with Crippen molar-refractivity contribution in [3.05, 3.63) is 94.5 Å². The normalized spacial score (nSPS) is 11.7. The van der Waals surface area contributed by atoms with Gasteiger partial charge in [-0.3, -0.25) is 4.79 Å². The Morgan fingerprint density at radius 1 is 1.00 bits per heavy atom. The molecule has 0 saturated heterocycles. The zero-order valence-corrected chi connectivity index (χ0v) is 16.9. The highest BCUT2D eigenvalue weighted by atomic mass is 35.5. The monoisotopic (exact) mass is 393 g/mol. The van der Waals surface area contributed by atoms with E-state index in [9.17, 15) is 4.79 Å². The first kappa shape index (κ1) is 20.0. The molecule has 0 heterocycles. The van der Waals surface area contributed by atoms with E-state index in [4.69, 9.17) is 16.3 Å². The van der Waals surface area contributed by atoms with Crippen LogP contribution in [0.3, 0.4) is 0 Å². The molecule has 0 unspecified atom stereocenters. The third-order valence-electron chi connectivity index (χ3n) is 4.82. The number of benzene rings is 3. The Bertz CT molecular complexity index is 920.